The first kappa shape index (κ1) is 21.5. The SMILES string of the molecule is O=C(CN1C(=O)c2cccc3cccc1c23)N/N=C/c1cc([N+](=O)[O-])ccc1N1CCOCC1. The molecule has 0 atom stereocenters. The van der Waals surface area contributed by atoms with E-state index in [0.29, 0.717) is 43.1 Å². The highest BCUT2D eigenvalue weighted by molar-refractivity contribution is 6.26. The minimum absolute atomic E-state index is 0.0710. The lowest BCUT2D eigenvalue weighted by Crippen LogP contribution is -2.37. The number of hydrogen-bond donors (Lipinski definition) is 1. The predicted octanol–water partition coefficient (Wildman–Crippen LogP) is 2.70. The summed E-state index contributed by atoms with van der Waals surface area (Å²) >= 11 is 0. The quantitative estimate of drug-likeness (QED) is 0.344. The smallest absolute Gasteiger partial charge is 0.270 e. The molecule has 10 heteroatoms. The van der Waals surface area contributed by atoms with Crippen LogP contribution in [0.4, 0.5) is 17.1 Å². The first-order chi connectivity index (χ1) is 16.5. The van der Waals surface area contributed by atoms with E-state index in [4.69, 9.17) is 4.74 Å². The fourth-order valence-corrected chi connectivity index (χ4v) is 4.34. The molecular weight excluding hydrogens is 438 g/mol. The minimum Gasteiger partial charge on any atom is -0.378 e. The Morgan fingerprint density at radius 2 is 1.88 bits per heavy atom. The Balaban J connectivity index is 1.32. The van der Waals surface area contributed by atoms with E-state index in [1.54, 1.807) is 12.1 Å². The zero-order chi connectivity index (χ0) is 23.7. The number of ether oxygens (including phenoxy) is 1. The molecule has 3 aromatic rings. The molecule has 3 aromatic carbocycles. The molecule has 0 aromatic heterocycles. The molecular formula is C24H21N5O5. The molecule has 0 radical (unpaired) electrons. The maximum absolute atomic E-state index is 12.9. The molecule has 0 saturated carbocycles. The molecule has 1 saturated heterocycles. The van der Waals surface area contributed by atoms with Gasteiger partial charge in [-0.15, -0.1) is 0 Å². The number of rotatable bonds is 6. The third kappa shape index (κ3) is 3.95. The Hall–Kier alpha value is -4.31. The van der Waals surface area contributed by atoms with Crippen LogP contribution in [-0.2, 0) is 9.53 Å². The van der Waals surface area contributed by atoms with Crippen molar-refractivity contribution in [2.24, 2.45) is 5.10 Å². The van der Waals surface area contributed by atoms with Crippen molar-refractivity contribution in [1.29, 1.82) is 0 Å². The third-order valence-electron chi connectivity index (χ3n) is 5.92. The van der Waals surface area contributed by atoms with Crippen molar-refractivity contribution in [3.63, 3.8) is 0 Å². The molecule has 1 fully saturated rings. The molecule has 2 aliphatic rings. The number of nitro groups is 1. The van der Waals surface area contributed by atoms with E-state index in [0.717, 1.165) is 16.5 Å². The Morgan fingerprint density at radius 1 is 1.12 bits per heavy atom. The van der Waals surface area contributed by atoms with Crippen molar-refractivity contribution in [3.05, 3.63) is 75.8 Å². The first-order valence-corrected chi connectivity index (χ1v) is 10.8. The van der Waals surface area contributed by atoms with Crippen LogP contribution in [0.1, 0.15) is 15.9 Å². The number of hydrazone groups is 1. The molecule has 2 heterocycles. The topological polar surface area (TPSA) is 117 Å². The third-order valence-corrected chi connectivity index (χ3v) is 5.92. The van der Waals surface area contributed by atoms with Gasteiger partial charge in [0.2, 0.25) is 0 Å². The van der Waals surface area contributed by atoms with Gasteiger partial charge in [0, 0.05) is 47.4 Å². The number of benzene rings is 3. The summed E-state index contributed by atoms with van der Waals surface area (Å²) < 4.78 is 5.38. The average Bonchev–Trinajstić information content (AvgIpc) is 3.12. The van der Waals surface area contributed by atoms with Gasteiger partial charge in [0.1, 0.15) is 6.54 Å². The Labute approximate surface area is 194 Å². The summed E-state index contributed by atoms with van der Waals surface area (Å²) in [5.74, 6) is -0.716. The van der Waals surface area contributed by atoms with Crippen LogP contribution in [0.25, 0.3) is 10.8 Å². The molecule has 172 valence electrons. The zero-order valence-electron chi connectivity index (χ0n) is 18.1. The van der Waals surface area contributed by atoms with Gasteiger partial charge in [-0.05, 0) is 23.6 Å². The maximum Gasteiger partial charge on any atom is 0.270 e. The Kier molecular flexibility index (Phi) is 5.64. The molecule has 0 spiro atoms. The predicted molar refractivity (Wildman–Crippen MR) is 127 cm³/mol. The molecule has 1 N–H and O–H groups in total. The molecule has 34 heavy (non-hydrogen) atoms. The second-order valence-corrected chi connectivity index (χ2v) is 7.96. The lowest BCUT2D eigenvalue weighted by molar-refractivity contribution is -0.384. The lowest BCUT2D eigenvalue weighted by Gasteiger charge is -2.29. The van der Waals surface area contributed by atoms with Gasteiger partial charge in [-0.2, -0.15) is 5.10 Å². The average molecular weight is 459 g/mol. The van der Waals surface area contributed by atoms with Crippen molar-refractivity contribution in [1.82, 2.24) is 5.43 Å². The van der Waals surface area contributed by atoms with Crippen molar-refractivity contribution in [3.8, 4) is 0 Å². The Bertz CT molecular complexity index is 1330. The fraction of sp³-hybridized carbons (Fsp3) is 0.208. The van der Waals surface area contributed by atoms with Crippen LogP contribution < -0.4 is 15.2 Å². The van der Waals surface area contributed by atoms with Crippen LogP contribution in [0.2, 0.25) is 0 Å². The first-order valence-electron chi connectivity index (χ1n) is 10.8. The molecule has 0 aliphatic carbocycles. The highest BCUT2D eigenvalue weighted by Gasteiger charge is 2.30. The zero-order valence-corrected chi connectivity index (χ0v) is 18.1. The van der Waals surface area contributed by atoms with Crippen LogP contribution in [0, 0.1) is 10.1 Å². The lowest BCUT2D eigenvalue weighted by atomic mass is 10.1. The van der Waals surface area contributed by atoms with E-state index < -0.39 is 10.8 Å². The van der Waals surface area contributed by atoms with Gasteiger partial charge < -0.3 is 9.64 Å². The number of nitrogens with zero attached hydrogens (tertiary/aromatic N) is 4. The summed E-state index contributed by atoms with van der Waals surface area (Å²) in [6, 6.07) is 15.6. The summed E-state index contributed by atoms with van der Waals surface area (Å²) in [5.41, 5.74) is 4.89. The number of anilines is 2. The molecule has 5 rings (SSSR count). The highest BCUT2D eigenvalue weighted by atomic mass is 16.6. The van der Waals surface area contributed by atoms with Crippen LogP contribution in [0.15, 0.2) is 59.7 Å². The van der Waals surface area contributed by atoms with E-state index in [-0.39, 0.29) is 18.1 Å². The van der Waals surface area contributed by atoms with E-state index in [2.05, 4.69) is 15.4 Å². The largest absolute Gasteiger partial charge is 0.378 e. The highest BCUT2D eigenvalue weighted by Crippen LogP contribution is 2.36. The van der Waals surface area contributed by atoms with Gasteiger partial charge in [-0.3, -0.25) is 24.6 Å². The van der Waals surface area contributed by atoms with Gasteiger partial charge in [0.25, 0.3) is 17.5 Å². The van der Waals surface area contributed by atoms with Crippen LogP contribution in [0.3, 0.4) is 0 Å². The summed E-state index contributed by atoms with van der Waals surface area (Å²) in [6.07, 6.45) is 1.39. The maximum atomic E-state index is 12.9. The Morgan fingerprint density at radius 3 is 2.65 bits per heavy atom. The van der Waals surface area contributed by atoms with Crippen LogP contribution >= 0.6 is 0 Å². The van der Waals surface area contributed by atoms with Crippen molar-refractivity contribution >= 4 is 45.9 Å². The van der Waals surface area contributed by atoms with E-state index >= 15 is 0 Å². The summed E-state index contributed by atoms with van der Waals surface area (Å²) in [6.45, 7) is 2.21. The van der Waals surface area contributed by atoms with Crippen molar-refractivity contribution < 1.29 is 19.2 Å². The van der Waals surface area contributed by atoms with Gasteiger partial charge in [-0.1, -0.05) is 24.3 Å². The number of morpholine rings is 1. The normalized spacial score (nSPS) is 15.4. The fourth-order valence-electron chi connectivity index (χ4n) is 4.34. The van der Waals surface area contributed by atoms with Gasteiger partial charge in [0.15, 0.2) is 0 Å². The standard InChI is InChI=1S/C24H21N5O5/c30-22(15-28-21-6-2-4-16-3-1-5-19(23(16)21)24(28)31)26-25-14-17-13-18(29(32)33)7-8-20(17)27-9-11-34-12-10-27/h1-8,13-14H,9-12,15H2,(H,26,30)/b25-14+. The van der Waals surface area contributed by atoms with Crippen molar-refractivity contribution in [2.45, 2.75) is 0 Å². The molecule has 10 nitrogen and oxygen atoms in total. The summed E-state index contributed by atoms with van der Waals surface area (Å²) in [5, 5.41) is 17.0. The summed E-state index contributed by atoms with van der Waals surface area (Å²) in [7, 11) is 0. The van der Waals surface area contributed by atoms with Gasteiger partial charge in [0.05, 0.1) is 30.0 Å². The monoisotopic (exact) mass is 459 g/mol. The number of amides is 2. The van der Waals surface area contributed by atoms with Gasteiger partial charge in [-0.25, -0.2) is 5.43 Å². The summed E-state index contributed by atoms with van der Waals surface area (Å²) in [4.78, 5) is 39.7. The molecule has 2 amide bonds. The van der Waals surface area contributed by atoms with Crippen LogP contribution in [0.5, 0.6) is 0 Å². The molecule has 2 aliphatic heterocycles. The van der Waals surface area contributed by atoms with Gasteiger partial charge >= 0.3 is 0 Å². The number of carbonyl (C=O) groups excluding carboxylic acids is 2. The number of nitrogens with one attached hydrogen (secondary N) is 1. The van der Waals surface area contributed by atoms with Crippen LogP contribution in [-0.4, -0.2) is 55.8 Å². The van der Waals surface area contributed by atoms with E-state index in [1.807, 2.05) is 30.3 Å². The number of carbonyl (C=O) groups is 2. The number of non-ortho nitro benzene ring substituents is 1. The van der Waals surface area contributed by atoms with E-state index in [1.165, 1.54) is 23.2 Å². The van der Waals surface area contributed by atoms with Crippen molar-refractivity contribution in [2.75, 3.05) is 42.6 Å². The second kappa shape index (κ2) is 8.91. The molecule has 0 bridgehead atoms. The number of hydrogen-bond acceptors (Lipinski definition) is 7. The van der Waals surface area contributed by atoms with E-state index in [9.17, 15) is 19.7 Å². The minimum atomic E-state index is -0.479. The molecule has 0 unspecified atom stereocenters. The number of nitro benzene ring substituents is 1. The second-order valence-electron chi connectivity index (χ2n) is 7.96.